The van der Waals surface area contributed by atoms with E-state index >= 15 is 0 Å². The van der Waals surface area contributed by atoms with E-state index in [0.29, 0.717) is 17.8 Å². The third-order valence-corrected chi connectivity index (χ3v) is 4.67. The Bertz CT molecular complexity index is 511. The van der Waals surface area contributed by atoms with Crippen LogP contribution in [0.3, 0.4) is 0 Å². The lowest BCUT2D eigenvalue weighted by Gasteiger charge is -2.17. The molecule has 2 aromatic rings. The van der Waals surface area contributed by atoms with Gasteiger partial charge in [0.25, 0.3) is 0 Å². The Morgan fingerprint density at radius 3 is 2.83 bits per heavy atom. The van der Waals surface area contributed by atoms with Crippen molar-refractivity contribution < 1.29 is 4.52 Å². The van der Waals surface area contributed by atoms with Crippen LogP contribution in [0.15, 0.2) is 20.4 Å². The Balaban J connectivity index is 2.24. The summed E-state index contributed by atoms with van der Waals surface area (Å²) in [5.41, 5.74) is 0. The summed E-state index contributed by atoms with van der Waals surface area (Å²) in [5.74, 6) is 1.63. The van der Waals surface area contributed by atoms with Crippen molar-refractivity contribution in [1.82, 2.24) is 15.5 Å². The van der Waals surface area contributed by atoms with Gasteiger partial charge in [-0.3, -0.25) is 0 Å². The third kappa shape index (κ3) is 2.81. The van der Waals surface area contributed by atoms with Crippen molar-refractivity contribution >= 4 is 27.3 Å². The van der Waals surface area contributed by atoms with E-state index in [4.69, 9.17) is 4.52 Å². The van der Waals surface area contributed by atoms with Crippen LogP contribution in [-0.2, 0) is 0 Å². The minimum Gasteiger partial charge on any atom is -0.339 e. The maximum atomic E-state index is 5.39. The monoisotopic (exact) mass is 329 g/mol. The topological polar surface area (TPSA) is 51.0 Å². The Hall–Kier alpha value is -0.720. The first-order valence-corrected chi connectivity index (χ1v) is 7.53. The Kier molecular flexibility index (Phi) is 4.53. The van der Waals surface area contributed by atoms with Crippen LogP contribution in [0.5, 0.6) is 0 Å². The van der Waals surface area contributed by atoms with E-state index in [1.165, 1.54) is 0 Å². The molecule has 0 spiro atoms. The molecule has 0 fully saturated rings. The smallest absolute Gasteiger partial charge is 0.231 e. The number of halogens is 1. The van der Waals surface area contributed by atoms with Gasteiger partial charge in [-0.25, -0.2) is 0 Å². The fraction of sp³-hybridized carbons (Fsp3) is 0.500. The molecular formula is C12H16BrN3OS. The second kappa shape index (κ2) is 5.95. The Morgan fingerprint density at radius 1 is 1.50 bits per heavy atom. The Labute approximate surface area is 119 Å². The molecule has 18 heavy (non-hydrogen) atoms. The highest BCUT2D eigenvalue weighted by Crippen LogP contribution is 2.31. The van der Waals surface area contributed by atoms with Gasteiger partial charge in [0.05, 0.1) is 14.6 Å². The van der Waals surface area contributed by atoms with Crippen LogP contribution in [0.1, 0.15) is 32.1 Å². The summed E-state index contributed by atoms with van der Waals surface area (Å²) in [6, 6.07) is 4.30. The minimum absolute atomic E-state index is 0.250. The molecule has 0 aliphatic carbocycles. The maximum Gasteiger partial charge on any atom is 0.231 e. The molecule has 98 valence electrons. The summed E-state index contributed by atoms with van der Waals surface area (Å²) in [6.07, 6.45) is 0.970. The van der Waals surface area contributed by atoms with E-state index in [0.717, 1.165) is 15.1 Å². The molecule has 0 amide bonds. The van der Waals surface area contributed by atoms with Crippen LogP contribution >= 0.6 is 27.3 Å². The number of thiophene rings is 1. The predicted molar refractivity (Wildman–Crippen MR) is 76.9 cm³/mol. The SMILES string of the molecule is CCC(c1nc(-c2ccc(Br)s2)no1)C(C)NC. The number of hydrogen-bond acceptors (Lipinski definition) is 5. The van der Waals surface area contributed by atoms with E-state index in [1.54, 1.807) is 11.3 Å². The van der Waals surface area contributed by atoms with Gasteiger partial charge >= 0.3 is 0 Å². The number of aromatic nitrogens is 2. The number of hydrogen-bond donors (Lipinski definition) is 1. The second-order valence-corrected chi connectivity index (χ2v) is 6.62. The summed E-state index contributed by atoms with van der Waals surface area (Å²) in [4.78, 5) is 5.52. The van der Waals surface area contributed by atoms with Crippen LogP contribution in [-0.4, -0.2) is 23.2 Å². The van der Waals surface area contributed by atoms with Crippen molar-refractivity contribution in [2.45, 2.75) is 32.2 Å². The molecule has 0 saturated carbocycles. The number of likely N-dealkylation sites (N-methyl/N-ethyl adjacent to an activating group) is 1. The summed E-state index contributed by atoms with van der Waals surface area (Å²) in [7, 11) is 1.95. The Morgan fingerprint density at radius 2 is 2.28 bits per heavy atom. The zero-order valence-corrected chi connectivity index (χ0v) is 13.0. The normalized spacial score (nSPS) is 14.7. The summed E-state index contributed by atoms with van der Waals surface area (Å²) in [6.45, 7) is 4.25. The van der Waals surface area contributed by atoms with Gasteiger partial charge in [0, 0.05) is 6.04 Å². The quantitative estimate of drug-likeness (QED) is 0.909. The van der Waals surface area contributed by atoms with E-state index < -0.39 is 0 Å². The van der Waals surface area contributed by atoms with Crippen molar-refractivity contribution in [3.05, 3.63) is 21.8 Å². The lowest BCUT2D eigenvalue weighted by Crippen LogP contribution is -2.28. The zero-order chi connectivity index (χ0) is 13.1. The van der Waals surface area contributed by atoms with Gasteiger partial charge in [0.2, 0.25) is 11.7 Å². The van der Waals surface area contributed by atoms with Gasteiger partial charge < -0.3 is 9.84 Å². The lowest BCUT2D eigenvalue weighted by atomic mass is 9.98. The first kappa shape index (κ1) is 13.7. The third-order valence-electron chi connectivity index (χ3n) is 3.05. The average molecular weight is 330 g/mol. The minimum atomic E-state index is 0.250. The summed E-state index contributed by atoms with van der Waals surface area (Å²) >= 11 is 5.04. The molecule has 0 aliphatic rings. The fourth-order valence-corrected chi connectivity index (χ4v) is 3.18. The van der Waals surface area contributed by atoms with Gasteiger partial charge in [-0.1, -0.05) is 12.1 Å². The van der Waals surface area contributed by atoms with E-state index in [1.807, 2.05) is 19.2 Å². The largest absolute Gasteiger partial charge is 0.339 e. The number of nitrogens with zero attached hydrogens (tertiary/aromatic N) is 2. The van der Waals surface area contributed by atoms with E-state index in [-0.39, 0.29) is 5.92 Å². The number of rotatable bonds is 5. The molecular weight excluding hydrogens is 314 g/mol. The molecule has 0 radical (unpaired) electrons. The first-order chi connectivity index (χ1) is 8.65. The van der Waals surface area contributed by atoms with Crippen molar-refractivity contribution in [3.63, 3.8) is 0 Å². The molecule has 0 aliphatic heterocycles. The predicted octanol–water partition coefficient (Wildman–Crippen LogP) is 3.66. The number of nitrogens with one attached hydrogen (secondary N) is 1. The molecule has 0 saturated heterocycles. The van der Waals surface area contributed by atoms with E-state index in [2.05, 4.69) is 45.2 Å². The average Bonchev–Trinajstić information content (AvgIpc) is 2.98. The van der Waals surface area contributed by atoms with E-state index in [9.17, 15) is 0 Å². The van der Waals surface area contributed by atoms with Crippen molar-refractivity contribution in [1.29, 1.82) is 0 Å². The van der Waals surface area contributed by atoms with Crippen LogP contribution < -0.4 is 5.32 Å². The van der Waals surface area contributed by atoms with Gasteiger partial charge in [-0.05, 0) is 48.5 Å². The molecule has 0 aromatic carbocycles. The van der Waals surface area contributed by atoms with Crippen molar-refractivity contribution in [3.8, 4) is 10.7 Å². The molecule has 2 aromatic heterocycles. The molecule has 4 nitrogen and oxygen atoms in total. The molecule has 6 heteroatoms. The second-order valence-electron chi connectivity index (χ2n) is 4.15. The fourth-order valence-electron chi connectivity index (χ4n) is 1.86. The van der Waals surface area contributed by atoms with Gasteiger partial charge in [-0.2, -0.15) is 4.98 Å². The molecule has 2 rings (SSSR count). The van der Waals surface area contributed by atoms with Crippen LogP contribution in [0, 0.1) is 0 Å². The summed E-state index contributed by atoms with van der Waals surface area (Å²) < 4.78 is 6.46. The van der Waals surface area contributed by atoms with Gasteiger partial charge in [0.15, 0.2) is 0 Å². The zero-order valence-electron chi connectivity index (χ0n) is 10.6. The van der Waals surface area contributed by atoms with Crippen molar-refractivity contribution in [2.24, 2.45) is 0 Å². The highest BCUT2D eigenvalue weighted by molar-refractivity contribution is 9.11. The summed E-state index contributed by atoms with van der Waals surface area (Å²) in [5, 5.41) is 7.30. The van der Waals surface area contributed by atoms with Gasteiger partial charge in [0.1, 0.15) is 0 Å². The molecule has 2 atom stereocenters. The molecule has 2 unspecified atom stereocenters. The standard InChI is InChI=1S/C12H16BrN3OS/c1-4-8(7(2)14-3)12-15-11(16-17-12)9-5-6-10(13)18-9/h5-8,14H,4H2,1-3H3. The molecule has 2 heterocycles. The highest BCUT2D eigenvalue weighted by atomic mass is 79.9. The molecule has 0 bridgehead atoms. The lowest BCUT2D eigenvalue weighted by molar-refractivity contribution is 0.322. The van der Waals surface area contributed by atoms with Crippen molar-refractivity contribution in [2.75, 3.05) is 7.05 Å². The molecule has 1 N–H and O–H groups in total. The maximum absolute atomic E-state index is 5.39. The van der Waals surface area contributed by atoms with Crippen LogP contribution in [0.25, 0.3) is 10.7 Å². The highest BCUT2D eigenvalue weighted by Gasteiger charge is 2.23. The first-order valence-electron chi connectivity index (χ1n) is 5.92. The van der Waals surface area contributed by atoms with Crippen LogP contribution in [0.4, 0.5) is 0 Å². The van der Waals surface area contributed by atoms with Gasteiger partial charge in [-0.15, -0.1) is 11.3 Å². The van der Waals surface area contributed by atoms with Crippen LogP contribution in [0.2, 0.25) is 0 Å².